The average molecular weight is 386 g/mol. The first-order valence-electron chi connectivity index (χ1n) is 9.66. The molecule has 0 aliphatic carbocycles. The van der Waals surface area contributed by atoms with Gasteiger partial charge in [0.05, 0.1) is 7.11 Å². The number of carbonyl (C=O) groups is 1. The van der Waals surface area contributed by atoms with Crippen molar-refractivity contribution in [3.8, 4) is 16.9 Å². The predicted octanol–water partition coefficient (Wildman–Crippen LogP) is 2.94. The molecule has 0 bridgehead atoms. The number of amides is 1. The minimum atomic E-state index is -0.334. The highest BCUT2D eigenvalue weighted by Crippen LogP contribution is 2.30. The molecule has 0 radical (unpaired) electrons. The second-order valence-electron chi connectivity index (χ2n) is 7.17. The molecule has 1 unspecified atom stereocenters. The maximum absolute atomic E-state index is 13.6. The lowest BCUT2D eigenvalue weighted by atomic mass is 9.99. The molecule has 1 atom stereocenters. The number of hydrogen-bond donors (Lipinski definition) is 2. The third-order valence-corrected chi connectivity index (χ3v) is 5.19. The molecule has 150 valence electrons. The number of benzene rings is 2. The number of nitrogens with one attached hydrogen (secondary N) is 1. The third-order valence-electron chi connectivity index (χ3n) is 5.19. The molecule has 6 heteroatoms. The number of likely N-dealkylation sites (tertiary alicyclic amines) is 1. The van der Waals surface area contributed by atoms with Gasteiger partial charge in [-0.15, -0.1) is 0 Å². The van der Waals surface area contributed by atoms with Crippen LogP contribution in [0.15, 0.2) is 42.5 Å². The van der Waals surface area contributed by atoms with Gasteiger partial charge in [0.2, 0.25) is 0 Å². The van der Waals surface area contributed by atoms with Crippen molar-refractivity contribution in [2.45, 2.75) is 12.8 Å². The number of aliphatic hydroxyl groups excluding tert-OH is 1. The van der Waals surface area contributed by atoms with E-state index < -0.39 is 0 Å². The van der Waals surface area contributed by atoms with E-state index in [1.165, 1.54) is 12.1 Å². The van der Waals surface area contributed by atoms with Gasteiger partial charge in [0.15, 0.2) is 0 Å². The van der Waals surface area contributed by atoms with Gasteiger partial charge in [-0.05, 0) is 61.2 Å². The summed E-state index contributed by atoms with van der Waals surface area (Å²) in [5.41, 5.74) is 2.00. The Morgan fingerprint density at radius 3 is 2.79 bits per heavy atom. The van der Waals surface area contributed by atoms with E-state index in [-0.39, 0.29) is 18.3 Å². The zero-order chi connectivity index (χ0) is 19.9. The number of halogens is 1. The summed E-state index contributed by atoms with van der Waals surface area (Å²) in [7, 11) is 1.55. The Morgan fingerprint density at radius 1 is 1.29 bits per heavy atom. The fourth-order valence-corrected chi connectivity index (χ4v) is 3.64. The van der Waals surface area contributed by atoms with Crippen molar-refractivity contribution in [3.63, 3.8) is 0 Å². The predicted molar refractivity (Wildman–Crippen MR) is 107 cm³/mol. The Bertz CT molecular complexity index is 795. The molecule has 1 aliphatic heterocycles. The molecular formula is C22H27FN2O3. The summed E-state index contributed by atoms with van der Waals surface area (Å²) in [5, 5.41) is 12.2. The van der Waals surface area contributed by atoms with Crippen molar-refractivity contribution in [1.29, 1.82) is 0 Å². The maximum atomic E-state index is 13.6. The zero-order valence-electron chi connectivity index (χ0n) is 16.2. The lowest BCUT2D eigenvalue weighted by molar-refractivity contribution is 0.0930. The fourth-order valence-electron chi connectivity index (χ4n) is 3.64. The van der Waals surface area contributed by atoms with E-state index in [0.717, 1.165) is 38.0 Å². The second-order valence-corrected chi connectivity index (χ2v) is 7.17. The molecule has 0 aromatic heterocycles. The number of nitrogens with zero attached hydrogens (tertiary/aromatic N) is 1. The highest BCUT2D eigenvalue weighted by atomic mass is 19.1. The molecule has 1 fully saturated rings. The molecular weight excluding hydrogens is 359 g/mol. The standard InChI is InChI=1S/C22H27FN2O3/c1-28-21-9-8-19(23)13-20(21)17-4-6-18(7-5-17)22(27)24-10-12-25-11-2-3-16(14-25)15-26/h4-9,13,16,26H,2-3,10-12,14-15H2,1H3,(H,24,27). The van der Waals surface area contributed by atoms with Crippen molar-refractivity contribution < 1.29 is 19.0 Å². The first-order valence-corrected chi connectivity index (χ1v) is 9.66. The molecule has 0 saturated carbocycles. The van der Waals surface area contributed by atoms with Crippen LogP contribution in [0, 0.1) is 11.7 Å². The van der Waals surface area contributed by atoms with Crippen LogP contribution in [0.4, 0.5) is 4.39 Å². The Labute approximate surface area is 165 Å². The lowest BCUT2D eigenvalue weighted by Crippen LogP contribution is -2.41. The van der Waals surface area contributed by atoms with Crippen molar-refractivity contribution in [2.75, 3.05) is 39.9 Å². The first-order chi connectivity index (χ1) is 13.6. The second kappa shape index (κ2) is 9.66. The number of aliphatic hydroxyl groups is 1. The normalized spacial score (nSPS) is 17.3. The summed E-state index contributed by atoms with van der Waals surface area (Å²) < 4.78 is 18.9. The van der Waals surface area contributed by atoms with Crippen molar-refractivity contribution in [2.24, 2.45) is 5.92 Å². The van der Waals surface area contributed by atoms with Gasteiger partial charge in [-0.2, -0.15) is 0 Å². The number of ether oxygens (including phenoxy) is 1. The first kappa shape index (κ1) is 20.3. The molecule has 1 amide bonds. The maximum Gasteiger partial charge on any atom is 0.251 e. The molecule has 2 N–H and O–H groups in total. The summed E-state index contributed by atoms with van der Waals surface area (Å²) in [4.78, 5) is 14.7. The summed E-state index contributed by atoms with van der Waals surface area (Å²) in [5.74, 6) is 0.463. The van der Waals surface area contributed by atoms with Gasteiger partial charge in [0.1, 0.15) is 11.6 Å². The van der Waals surface area contributed by atoms with Gasteiger partial charge in [-0.3, -0.25) is 4.79 Å². The van der Waals surface area contributed by atoms with Crippen LogP contribution in [0.25, 0.3) is 11.1 Å². The number of rotatable bonds is 7. The molecule has 1 aliphatic rings. The Balaban J connectivity index is 1.56. The molecule has 1 heterocycles. The molecule has 5 nitrogen and oxygen atoms in total. The van der Waals surface area contributed by atoms with Crippen LogP contribution < -0.4 is 10.1 Å². The fraction of sp³-hybridized carbons (Fsp3) is 0.409. The average Bonchev–Trinajstić information content (AvgIpc) is 2.74. The monoisotopic (exact) mass is 386 g/mol. The largest absolute Gasteiger partial charge is 0.496 e. The number of carbonyl (C=O) groups excluding carboxylic acids is 1. The quantitative estimate of drug-likeness (QED) is 0.768. The van der Waals surface area contributed by atoms with Crippen LogP contribution in [0.3, 0.4) is 0 Å². The van der Waals surface area contributed by atoms with Crippen molar-refractivity contribution in [3.05, 3.63) is 53.8 Å². The summed E-state index contributed by atoms with van der Waals surface area (Å²) in [6.45, 7) is 3.47. The Kier molecular flexibility index (Phi) is 7.01. The van der Waals surface area contributed by atoms with Crippen LogP contribution in [0.2, 0.25) is 0 Å². The number of hydrogen-bond acceptors (Lipinski definition) is 4. The topological polar surface area (TPSA) is 61.8 Å². The SMILES string of the molecule is COc1ccc(F)cc1-c1ccc(C(=O)NCCN2CCCC(CO)C2)cc1. The van der Waals surface area contributed by atoms with Crippen LogP contribution in [-0.2, 0) is 0 Å². The highest BCUT2D eigenvalue weighted by Gasteiger charge is 2.18. The van der Waals surface area contributed by atoms with Crippen molar-refractivity contribution >= 4 is 5.91 Å². The van der Waals surface area contributed by atoms with Gasteiger partial charge in [0.25, 0.3) is 5.91 Å². The van der Waals surface area contributed by atoms with Crippen LogP contribution in [-0.4, -0.2) is 55.8 Å². The molecule has 3 rings (SSSR count). The molecule has 1 saturated heterocycles. The van der Waals surface area contributed by atoms with E-state index in [9.17, 15) is 14.3 Å². The van der Waals surface area contributed by atoms with Gasteiger partial charge >= 0.3 is 0 Å². The summed E-state index contributed by atoms with van der Waals surface area (Å²) in [6.07, 6.45) is 2.16. The van der Waals surface area contributed by atoms with Gasteiger partial charge in [0, 0.05) is 37.4 Å². The lowest BCUT2D eigenvalue weighted by Gasteiger charge is -2.31. The van der Waals surface area contributed by atoms with Crippen LogP contribution in [0.5, 0.6) is 5.75 Å². The number of methoxy groups -OCH3 is 1. The van der Waals surface area contributed by atoms with E-state index in [2.05, 4.69) is 10.2 Å². The Morgan fingerprint density at radius 2 is 2.07 bits per heavy atom. The minimum Gasteiger partial charge on any atom is -0.496 e. The van der Waals surface area contributed by atoms with E-state index in [4.69, 9.17) is 4.74 Å². The van der Waals surface area contributed by atoms with Gasteiger partial charge in [-0.25, -0.2) is 4.39 Å². The minimum absolute atomic E-state index is 0.131. The molecule has 28 heavy (non-hydrogen) atoms. The van der Waals surface area contributed by atoms with E-state index in [1.807, 2.05) is 0 Å². The van der Waals surface area contributed by atoms with Gasteiger partial charge < -0.3 is 20.1 Å². The summed E-state index contributed by atoms with van der Waals surface area (Å²) in [6, 6.07) is 11.4. The molecule has 2 aromatic rings. The smallest absolute Gasteiger partial charge is 0.251 e. The zero-order valence-corrected chi connectivity index (χ0v) is 16.2. The van der Waals surface area contributed by atoms with E-state index >= 15 is 0 Å². The van der Waals surface area contributed by atoms with Crippen LogP contribution in [0.1, 0.15) is 23.2 Å². The van der Waals surface area contributed by atoms with E-state index in [1.54, 1.807) is 37.4 Å². The molecule has 2 aromatic carbocycles. The van der Waals surface area contributed by atoms with Gasteiger partial charge in [-0.1, -0.05) is 12.1 Å². The van der Waals surface area contributed by atoms with Crippen molar-refractivity contribution in [1.82, 2.24) is 10.2 Å². The van der Waals surface area contributed by atoms with E-state index in [0.29, 0.717) is 29.3 Å². The summed E-state index contributed by atoms with van der Waals surface area (Å²) >= 11 is 0. The Hall–Kier alpha value is -2.44. The van der Waals surface area contributed by atoms with Crippen LogP contribution >= 0.6 is 0 Å². The highest BCUT2D eigenvalue weighted by molar-refractivity contribution is 5.94. The number of piperidine rings is 1. The molecule has 0 spiro atoms. The third kappa shape index (κ3) is 5.09.